The third-order valence-corrected chi connectivity index (χ3v) is 2.01. The predicted molar refractivity (Wildman–Crippen MR) is 59.7 cm³/mol. The van der Waals surface area contributed by atoms with Gasteiger partial charge in [-0.15, -0.1) is 10.2 Å². The number of rotatable bonds is 5. The highest BCUT2D eigenvalue weighted by atomic mass is 16.4. The van der Waals surface area contributed by atoms with Crippen molar-refractivity contribution in [2.45, 2.75) is 40.0 Å². The first-order valence-corrected chi connectivity index (χ1v) is 5.47. The van der Waals surface area contributed by atoms with Crippen LogP contribution in [-0.4, -0.2) is 23.8 Å². The van der Waals surface area contributed by atoms with E-state index >= 15 is 0 Å². The van der Waals surface area contributed by atoms with Gasteiger partial charge in [-0.3, -0.25) is 0 Å². The second kappa shape index (κ2) is 5.26. The molecule has 0 aliphatic heterocycles. The summed E-state index contributed by atoms with van der Waals surface area (Å²) >= 11 is 0. The van der Waals surface area contributed by atoms with Gasteiger partial charge in [0.25, 0.3) is 0 Å². The van der Waals surface area contributed by atoms with Gasteiger partial charge in [0, 0.05) is 12.8 Å². The van der Waals surface area contributed by atoms with Crippen LogP contribution >= 0.6 is 0 Å². The molecule has 0 aliphatic carbocycles. The number of nitrogens with one attached hydrogen (secondary N) is 1. The van der Waals surface area contributed by atoms with Gasteiger partial charge in [0.1, 0.15) is 0 Å². The summed E-state index contributed by atoms with van der Waals surface area (Å²) in [5, 5.41) is 11.2. The molecule has 0 radical (unpaired) electrons. The lowest BCUT2D eigenvalue weighted by molar-refractivity contribution is 0.344. The first-order valence-electron chi connectivity index (χ1n) is 5.47. The number of hydrogen-bond acceptors (Lipinski definition) is 4. The molecule has 0 saturated carbocycles. The van der Waals surface area contributed by atoms with Crippen molar-refractivity contribution in [3.8, 4) is 0 Å². The Bertz CT molecular complexity index is 288. The molecule has 86 valence electrons. The lowest BCUT2D eigenvalue weighted by atomic mass is 9.92. The minimum absolute atomic E-state index is 0.203. The molecule has 4 heteroatoms. The Morgan fingerprint density at radius 1 is 1.20 bits per heavy atom. The maximum atomic E-state index is 5.56. The van der Waals surface area contributed by atoms with E-state index < -0.39 is 0 Å². The largest absolute Gasteiger partial charge is 0.425 e. The van der Waals surface area contributed by atoms with Crippen LogP contribution < -0.4 is 5.32 Å². The summed E-state index contributed by atoms with van der Waals surface area (Å²) in [7, 11) is 1.94. The van der Waals surface area contributed by atoms with Crippen LogP contribution in [0.4, 0.5) is 0 Å². The average Bonchev–Trinajstić information content (AvgIpc) is 2.50. The summed E-state index contributed by atoms with van der Waals surface area (Å²) in [6.45, 7) is 7.48. The first kappa shape index (κ1) is 12.2. The average molecular weight is 211 g/mol. The molecular weight excluding hydrogens is 190 g/mol. The van der Waals surface area contributed by atoms with Gasteiger partial charge in [-0.2, -0.15) is 0 Å². The summed E-state index contributed by atoms with van der Waals surface area (Å²) in [4.78, 5) is 0. The zero-order chi connectivity index (χ0) is 11.3. The molecule has 0 spiro atoms. The van der Waals surface area contributed by atoms with Crippen LogP contribution in [0.3, 0.4) is 0 Å². The molecule has 1 rings (SSSR count). The molecule has 0 saturated heterocycles. The lowest BCUT2D eigenvalue weighted by Crippen LogP contribution is -2.09. The zero-order valence-corrected chi connectivity index (χ0v) is 10.1. The Hall–Kier alpha value is -0.900. The Morgan fingerprint density at radius 3 is 2.47 bits per heavy atom. The third kappa shape index (κ3) is 4.93. The summed E-state index contributed by atoms with van der Waals surface area (Å²) in [5.41, 5.74) is 0.203. The maximum Gasteiger partial charge on any atom is 0.217 e. The van der Waals surface area contributed by atoms with Crippen molar-refractivity contribution in [2.75, 3.05) is 13.6 Å². The third-order valence-electron chi connectivity index (χ3n) is 2.01. The van der Waals surface area contributed by atoms with E-state index in [4.69, 9.17) is 4.42 Å². The van der Waals surface area contributed by atoms with Crippen LogP contribution in [0, 0.1) is 5.41 Å². The quantitative estimate of drug-likeness (QED) is 0.755. The topological polar surface area (TPSA) is 51.0 Å². The fraction of sp³-hybridized carbons (Fsp3) is 0.818. The minimum Gasteiger partial charge on any atom is -0.425 e. The smallest absolute Gasteiger partial charge is 0.217 e. The number of hydrogen-bond donors (Lipinski definition) is 1. The van der Waals surface area contributed by atoms with Crippen LogP contribution in [0.2, 0.25) is 0 Å². The fourth-order valence-corrected chi connectivity index (χ4v) is 1.33. The normalized spacial score (nSPS) is 12.0. The summed E-state index contributed by atoms with van der Waals surface area (Å²) < 4.78 is 5.56. The van der Waals surface area contributed by atoms with Gasteiger partial charge in [0.05, 0.1) is 0 Å². The van der Waals surface area contributed by atoms with Crippen LogP contribution in [0.15, 0.2) is 4.42 Å². The predicted octanol–water partition coefficient (Wildman–Crippen LogP) is 1.81. The van der Waals surface area contributed by atoms with Crippen molar-refractivity contribution in [1.29, 1.82) is 0 Å². The Kier molecular flexibility index (Phi) is 4.27. The van der Waals surface area contributed by atoms with E-state index in [9.17, 15) is 0 Å². The van der Waals surface area contributed by atoms with Crippen molar-refractivity contribution >= 4 is 0 Å². The van der Waals surface area contributed by atoms with E-state index in [-0.39, 0.29) is 5.41 Å². The molecule has 15 heavy (non-hydrogen) atoms. The summed E-state index contributed by atoms with van der Waals surface area (Å²) in [6, 6.07) is 0. The highest BCUT2D eigenvalue weighted by Gasteiger charge is 2.16. The van der Waals surface area contributed by atoms with E-state index in [2.05, 4.69) is 36.3 Å². The second-order valence-electron chi connectivity index (χ2n) is 5.03. The Morgan fingerprint density at radius 2 is 1.87 bits per heavy atom. The lowest BCUT2D eigenvalue weighted by Gasteiger charge is -2.14. The highest BCUT2D eigenvalue weighted by Crippen LogP contribution is 2.19. The van der Waals surface area contributed by atoms with Crippen molar-refractivity contribution in [1.82, 2.24) is 15.5 Å². The van der Waals surface area contributed by atoms with Gasteiger partial charge in [-0.25, -0.2) is 0 Å². The van der Waals surface area contributed by atoms with Crippen LogP contribution in [0.25, 0.3) is 0 Å². The molecular formula is C11H21N3O. The molecule has 1 aromatic heterocycles. The number of aromatic nitrogens is 2. The maximum absolute atomic E-state index is 5.56. The van der Waals surface area contributed by atoms with E-state index in [1.165, 1.54) is 0 Å². The fourth-order valence-electron chi connectivity index (χ4n) is 1.33. The van der Waals surface area contributed by atoms with E-state index in [0.717, 1.165) is 37.6 Å². The summed E-state index contributed by atoms with van der Waals surface area (Å²) in [5.74, 6) is 1.51. The van der Waals surface area contributed by atoms with Crippen molar-refractivity contribution < 1.29 is 4.42 Å². The van der Waals surface area contributed by atoms with Crippen LogP contribution in [-0.2, 0) is 12.8 Å². The molecule has 0 atom stereocenters. The van der Waals surface area contributed by atoms with Gasteiger partial charge < -0.3 is 9.73 Å². The molecule has 0 amide bonds. The molecule has 0 unspecified atom stereocenters. The van der Waals surface area contributed by atoms with E-state index in [1.807, 2.05) is 7.05 Å². The first-order chi connectivity index (χ1) is 7.01. The Balaban J connectivity index is 2.42. The van der Waals surface area contributed by atoms with Gasteiger partial charge >= 0.3 is 0 Å². The van der Waals surface area contributed by atoms with Crippen molar-refractivity contribution in [2.24, 2.45) is 5.41 Å². The molecule has 1 N–H and O–H groups in total. The van der Waals surface area contributed by atoms with Gasteiger partial charge in [-0.05, 0) is 25.4 Å². The van der Waals surface area contributed by atoms with Crippen LogP contribution in [0.5, 0.6) is 0 Å². The molecule has 0 fully saturated rings. The Labute approximate surface area is 91.5 Å². The van der Waals surface area contributed by atoms with Crippen molar-refractivity contribution in [3.63, 3.8) is 0 Å². The van der Waals surface area contributed by atoms with Gasteiger partial charge in [0.15, 0.2) is 0 Å². The number of nitrogens with zero attached hydrogens (tertiary/aromatic N) is 2. The highest BCUT2D eigenvalue weighted by molar-refractivity contribution is 4.86. The second-order valence-corrected chi connectivity index (χ2v) is 5.03. The molecule has 4 nitrogen and oxygen atoms in total. The van der Waals surface area contributed by atoms with Gasteiger partial charge in [-0.1, -0.05) is 20.8 Å². The SMILES string of the molecule is CNCCCc1nnc(CC(C)(C)C)o1. The monoisotopic (exact) mass is 211 g/mol. The summed E-state index contributed by atoms with van der Waals surface area (Å²) in [6.07, 6.45) is 2.73. The van der Waals surface area contributed by atoms with Crippen molar-refractivity contribution in [3.05, 3.63) is 11.8 Å². The zero-order valence-electron chi connectivity index (χ0n) is 10.1. The van der Waals surface area contributed by atoms with E-state index in [1.54, 1.807) is 0 Å². The minimum atomic E-state index is 0.203. The van der Waals surface area contributed by atoms with Gasteiger partial charge in [0.2, 0.25) is 11.8 Å². The standard InChI is InChI=1S/C11H21N3O/c1-11(2,3)8-10-14-13-9(15-10)6-5-7-12-4/h12H,5-8H2,1-4H3. The molecule has 1 heterocycles. The number of aryl methyl sites for hydroxylation is 1. The molecule has 0 aliphatic rings. The van der Waals surface area contributed by atoms with E-state index in [0.29, 0.717) is 0 Å². The molecule has 0 aromatic carbocycles. The molecule has 0 bridgehead atoms. The van der Waals surface area contributed by atoms with Crippen LogP contribution in [0.1, 0.15) is 39.0 Å². The molecule has 1 aromatic rings.